The smallest absolute Gasteiger partial charge is 0.382 e. The Kier molecular flexibility index (Phi) is 3.89. The molecule has 18 heavy (non-hydrogen) atoms. The lowest BCUT2D eigenvalue weighted by atomic mass is 9.93. The average Bonchev–Trinajstić information content (AvgIpc) is 2.52. The molecule has 0 spiro atoms. The molecule has 0 aromatic rings. The molecular weight excluding hydrogens is 253 g/mol. The minimum atomic E-state index is -4.86. The maximum Gasteiger partial charge on any atom is 0.416 e. The second-order valence-corrected chi connectivity index (χ2v) is 4.19. The predicted molar refractivity (Wildman–Crippen MR) is 55.6 cm³/mol. The van der Waals surface area contributed by atoms with Crippen LogP contribution in [0.3, 0.4) is 0 Å². The van der Waals surface area contributed by atoms with Crippen molar-refractivity contribution in [1.82, 2.24) is 10.2 Å². The summed E-state index contributed by atoms with van der Waals surface area (Å²) < 4.78 is 36.6. The van der Waals surface area contributed by atoms with Gasteiger partial charge in [-0.2, -0.15) is 13.2 Å². The highest BCUT2D eigenvalue weighted by atomic mass is 19.4. The van der Waals surface area contributed by atoms with Crippen LogP contribution in [0.15, 0.2) is 0 Å². The first-order valence-corrected chi connectivity index (χ1v) is 5.57. The lowest BCUT2D eigenvalue weighted by Gasteiger charge is -2.24. The van der Waals surface area contributed by atoms with Crippen LogP contribution in [0.25, 0.3) is 0 Å². The SMILES string of the molecule is CCC1(CC)NC(=O)N(C[C@H](O)C(F)(F)F)C1=O. The van der Waals surface area contributed by atoms with Crippen LogP contribution in [-0.4, -0.2) is 46.3 Å². The molecule has 1 rings (SSSR count). The second-order valence-electron chi connectivity index (χ2n) is 4.19. The molecule has 0 aromatic heterocycles. The summed E-state index contributed by atoms with van der Waals surface area (Å²) in [6, 6.07) is -0.896. The summed E-state index contributed by atoms with van der Waals surface area (Å²) in [7, 11) is 0. The van der Waals surface area contributed by atoms with Crippen LogP contribution in [0.2, 0.25) is 0 Å². The Morgan fingerprint density at radius 2 is 1.83 bits per heavy atom. The van der Waals surface area contributed by atoms with Gasteiger partial charge in [0.15, 0.2) is 6.10 Å². The average molecular weight is 268 g/mol. The van der Waals surface area contributed by atoms with Crippen LogP contribution in [0, 0.1) is 0 Å². The second kappa shape index (κ2) is 4.75. The van der Waals surface area contributed by atoms with Crippen molar-refractivity contribution in [2.45, 2.75) is 44.5 Å². The van der Waals surface area contributed by atoms with Crippen molar-refractivity contribution in [3.8, 4) is 0 Å². The molecule has 1 aliphatic rings. The Bertz CT molecular complexity index is 353. The monoisotopic (exact) mass is 268 g/mol. The summed E-state index contributed by atoms with van der Waals surface area (Å²) in [5.74, 6) is -0.721. The van der Waals surface area contributed by atoms with Gasteiger partial charge in [0.25, 0.3) is 5.91 Å². The minimum absolute atomic E-state index is 0.284. The van der Waals surface area contributed by atoms with E-state index in [0.29, 0.717) is 4.90 Å². The zero-order valence-electron chi connectivity index (χ0n) is 10.0. The number of imide groups is 1. The predicted octanol–water partition coefficient (Wildman–Crippen LogP) is 1.02. The summed E-state index contributed by atoms with van der Waals surface area (Å²) >= 11 is 0. The molecule has 0 aromatic carbocycles. The number of nitrogens with one attached hydrogen (secondary N) is 1. The number of hydrogen-bond acceptors (Lipinski definition) is 3. The number of carbonyl (C=O) groups excluding carboxylic acids is 2. The number of alkyl halides is 3. The summed E-state index contributed by atoms with van der Waals surface area (Å²) in [6.07, 6.45) is -7.01. The number of urea groups is 1. The third kappa shape index (κ3) is 2.43. The summed E-state index contributed by atoms with van der Waals surface area (Å²) in [4.78, 5) is 23.8. The number of rotatable bonds is 4. The number of carbonyl (C=O) groups is 2. The fraction of sp³-hybridized carbons (Fsp3) is 0.800. The molecule has 0 aliphatic carbocycles. The van der Waals surface area contributed by atoms with Crippen molar-refractivity contribution in [3.63, 3.8) is 0 Å². The molecule has 3 amide bonds. The Morgan fingerprint density at radius 1 is 1.33 bits per heavy atom. The number of aliphatic hydroxyl groups excluding tert-OH is 1. The molecule has 5 nitrogen and oxygen atoms in total. The highest BCUT2D eigenvalue weighted by Crippen LogP contribution is 2.27. The van der Waals surface area contributed by atoms with E-state index < -0.39 is 36.3 Å². The number of aliphatic hydroxyl groups is 1. The fourth-order valence-electron chi connectivity index (χ4n) is 1.85. The molecule has 1 heterocycles. The third-order valence-electron chi connectivity index (χ3n) is 3.19. The third-order valence-corrected chi connectivity index (χ3v) is 3.19. The topological polar surface area (TPSA) is 69.6 Å². The highest BCUT2D eigenvalue weighted by molar-refractivity contribution is 6.07. The maximum absolute atomic E-state index is 12.2. The van der Waals surface area contributed by atoms with E-state index >= 15 is 0 Å². The van der Waals surface area contributed by atoms with Gasteiger partial charge in [0.2, 0.25) is 0 Å². The van der Waals surface area contributed by atoms with Gasteiger partial charge in [-0.25, -0.2) is 4.79 Å². The van der Waals surface area contributed by atoms with Crippen LogP contribution in [0.1, 0.15) is 26.7 Å². The first-order chi connectivity index (χ1) is 8.18. The Balaban J connectivity index is 2.86. The van der Waals surface area contributed by atoms with E-state index in [2.05, 4.69) is 5.32 Å². The molecule has 0 saturated carbocycles. The van der Waals surface area contributed by atoms with Crippen LogP contribution in [0.4, 0.5) is 18.0 Å². The molecule has 1 atom stereocenters. The number of hydrogen-bond donors (Lipinski definition) is 2. The molecule has 0 unspecified atom stereocenters. The first kappa shape index (κ1) is 14.7. The lowest BCUT2D eigenvalue weighted by molar-refractivity contribution is -0.206. The zero-order valence-corrected chi connectivity index (χ0v) is 10.0. The number of halogens is 3. The molecule has 1 fully saturated rings. The van der Waals surface area contributed by atoms with Crippen molar-refractivity contribution in [1.29, 1.82) is 0 Å². The molecule has 1 saturated heterocycles. The quantitative estimate of drug-likeness (QED) is 0.748. The summed E-state index contributed by atoms with van der Waals surface area (Å²) in [5.41, 5.74) is -1.15. The maximum atomic E-state index is 12.2. The molecule has 2 N–H and O–H groups in total. The Hall–Kier alpha value is -1.31. The van der Waals surface area contributed by atoms with Crippen molar-refractivity contribution < 1.29 is 27.9 Å². The van der Waals surface area contributed by atoms with E-state index in [1.165, 1.54) is 0 Å². The van der Waals surface area contributed by atoms with Gasteiger partial charge in [-0.1, -0.05) is 13.8 Å². The van der Waals surface area contributed by atoms with E-state index in [-0.39, 0.29) is 12.8 Å². The number of β-amino-alcohol motifs (C(OH)–C–C–N with tert-alkyl or cyclic N) is 1. The normalized spacial score (nSPS) is 21.1. The zero-order chi connectivity index (χ0) is 14.1. The van der Waals surface area contributed by atoms with Gasteiger partial charge in [-0.15, -0.1) is 0 Å². The largest absolute Gasteiger partial charge is 0.416 e. The number of amides is 3. The van der Waals surface area contributed by atoms with E-state index in [0.717, 1.165) is 0 Å². The minimum Gasteiger partial charge on any atom is -0.382 e. The molecule has 0 bridgehead atoms. The van der Waals surface area contributed by atoms with Gasteiger partial charge in [-0.05, 0) is 12.8 Å². The van der Waals surface area contributed by atoms with E-state index in [1.807, 2.05) is 0 Å². The van der Waals surface area contributed by atoms with Crippen molar-refractivity contribution >= 4 is 11.9 Å². The van der Waals surface area contributed by atoms with Crippen molar-refractivity contribution in [2.24, 2.45) is 0 Å². The van der Waals surface area contributed by atoms with Crippen molar-refractivity contribution in [2.75, 3.05) is 6.54 Å². The van der Waals surface area contributed by atoms with Crippen LogP contribution < -0.4 is 5.32 Å². The Labute approximate surface area is 102 Å². The molecule has 8 heteroatoms. The van der Waals surface area contributed by atoms with Crippen LogP contribution in [-0.2, 0) is 4.79 Å². The number of nitrogens with zero attached hydrogens (tertiary/aromatic N) is 1. The van der Waals surface area contributed by atoms with Gasteiger partial charge in [-0.3, -0.25) is 9.69 Å². The molecule has 0 radical (unpaired) electrons. The fourth-order valence-corrected chi connectivity index (χ4v) is 1.85. The summed E-state index contributed by atoms with van der Waals surface area (Å²) in [5, 5.41) is 11.3. The van der Waals surface area contributed by atoms with Gasteiger partial charge in [0.05, 0.1) is 6.54 Å². The molecule has 1 aliphatic heterocycles. The van der Waals surface area contributed by atoms with Gasteiger partial charge < -0.3 is 10.4 Å². The van der Waals surface area contributed by atoms with E-state index in [4.69, 9.17) is 5.11 Å². The van der Waals surface area contributed by atoms with Gasteiger partial charge in [0, 0.05) is 0 Å². The Morgan fingerprint density at radius 3 is 2.17 bits per heavy atom. The first-order valence-electron chi connectivity index (χ1n) is 5.57. The summed E-state index contributed by atoms with van der Waals surface area (Å²) in [6.45, 7) is 2.24. The molecular formula is C10H15F3N2O3. The standard InChI is InChI=1S/C10H15F3N2O3/c1-3-9(4-2)7(17)15(8(18)14-9)5-6(16)10(11,12)13/h6,16H,3-5H2,1-2H3,(H,14,18)/t6-/m0/s1. The van der Waals surface area contributed by atoms with Gasteiger partial charge >= 0.3 is 12.2 Å². The van der Waals surface area contributed by atoms with E-state index in [1.54, 1.807) is 13.8 Å². The van der Waals surface area contributed by atoms with Crippen LogP contribution in [0.5, 0.6) is 0 Å². The van der Waals surface area contributed by atoms with E-state index in [9.17, 15) is 22.8 Å². The van der Waals surface area contributed by atoms with Gasteiger partial charge in [0.1, 0.15) is 5.54 Å². The highest BCUT2D eigenvalue weighted by Gasteiger charge is 2.51. The van der Waals surface area contributed by atoms with Crippen LogP contribution >= 0.6 is 0 Å². The molecule has 104 valence electrons. The lowest BCUT2D eigenvalue weighted by Crippen LogP contribution is -2.47. The van der Waals surface area contributed by atoms with Crippen molar-refractivity contribution in [3.05, 3.63) is 0 Å².